The number of hydrogen-bond acceptors (Lipinski definition) is 7. The second kappa shape index (κ2) is 14.5. The number of benzene rings is 2. The van der Waals surface area contributed by atoms with Gasteiger partial charge in [-0.25, -0.2) is 4.79 Å². The summed E-state index contributed by atoms with van der Waals surface area (Å²) < 4.78 is 0. The van der Waals surface area contributed by atoms with Crippen LogP contribution in [0.5, 0.6) is 5.75 Å². The number of phenolic OH excluding ortho intramolecular Hbond substituents is 1. The molecular formula is C27H34N4O8. The molecule has 0 radical (unpaired) electrons. The van der Waals surface area contributed by atoms with E-state index in [0.717, 1.165) is 5.56 Å². The average molecular weight is 543 g/mol. The van der Waals surface area contributed by atoms with E-state index in [2.05, 4.69) is 16.0 Å². The van der Waals surface area contributed by atoms with Crippen molar-refractivity contribution in [2.75, 3.05) is 0 Å². The Morgan fingerprint density at radius 1 is 0.744 bits per heavy atom. The molecule has 3 amide bonds. The van der Waals surface area contributed by atoms with Gasteiger partial charge in [0.15, 0.2) is 0 Å². The van der Waals surface area contributed by atoms with Crippen molar-refractivity contribution in [1.82, 2.24) is 16.0 Å². The van der Waals surface area contributed by atoms with Crippen molar-refractivity contribution in [3.8, 4) is 5.75 Å². The van der Waals surface area contributed by atoms with E-state index >= 15 is 0 Å². The first-order chi connectivity index (χ1) is 18.4. The Kier molecular flexibility index (Phi) is 11.4. The fourth-order valence-corrected chi connectivity index (χ4v) is 3.74. The fourth-order valence-electron chi connectivity index (χ4n) is 3.74. The van der Waals surface area contributed by atoms with Crippen molar-refractivity contribution in [2.24, 2.45) is 11.7 Å². The monoisotopic (exact) mass is 542 g/mol. The minimum absolute atomic E-state index is 0.00926. The summed E-state index contributed by atoms with van der Waals surface area (Å²) in [6, 6.07) is 9.65. The highest BCUT2D eigenvalue weighted by molar-refractivity contribution is 5.95. The zero-order valence-corrected chi connectivity index (χ0v) is 21.7. The summed E-state index contributed by atoms with van der Waals surface area (Å²) in [5, 5.41) is 35.4. The van der Waals surface area contributed by atoms with Crippen LogP contribution in [0.25, 0.3) is 0 Å². The molecule has 4 unspecified atom stereocenters. The molecule has 12 heteroatoms. The molecule has 0 aliphatic carbocycles. The van der Waals surface area contributed by atoms with E-state index in [0.29, 0.717) is 5.56 Å². The zero-order chi connectivity index (χ0) is 29.1. The first-order valence-electron chi connectivity index (χ1n) is 12.3. The third-order valence-corrected chi connectivity index (χ3v) is 5.89. The van der Waals surface area contributed by atoms with Crippen molar-refractivity contribution < 1.29 is 39.3 Å². The average Bonchev–Trinajstić information content (AvgIpc) is 2.87. The van der Waals surface area contributed by atoms with Crippen molar-refractivity contribution in [3.05, 3.63) is 65.7 Å². The van der Waals surface area contributed by atoms with Gasteiger partial charge in [0.2, 0.25) is 17.7 Å². The van der Waals surface area contributed by atoms with Crippen molar-refractivity contribution in [1.29, 1.82) is 0 Å². The Labute approximate surface area is 225 Å². The molecule has 2 aromatic rings. The van der Waals surface area contributed by atoms with Crippen LogP contribution in [0.3, 0.4) is 0 Å². The minimum Gasteiger partial charge on any atom is -0.508 e. The highest BCUT2D eigenvalue weighted by Crippen LogP contribution is 2.12. The summed E-state index contributed by atoms with van der Waals surface area (Å²) in [4.78, 5) is 61.9. The standard InChI is InChI=1S/C27H34N4O8/c1-15(2)23(27(38)39)31-26(37)21(14-22(33)34)30-25(36)20(13-17-8-10-18(32)11-9-17)29-24(35)19(28)12-16-6-4-3-5-7-16/h3-11,15,19-21,23,32H,12-14,28H2,1-2H3,(H,29,35)(H,30,36)(H,31,37)(H,33,34)(H,38,39). The van der Waals surface area contributed by atoms with E-state index in [-0.39, 0.29) is 18.6 Å². The number of carboxylic acids is 2. The van der Waals surface area contributed by atoms with Gasteiger partial charge < -0.3 is 37.0 Å². The molecule has 0 aliphatic rings. The number of carbonyl (C=O) groups excluding carboxylic acids is 3. The van der Waals surface area contributed by atoms with Gasteiger partial charge in [-0.05, 0) is 35.6 Å². The molecule has 0 heterocycles. The molecule has 0 saturated carbocycles. The van der Waals surface area contributed by atoms with E-state index in [4.69, 9.17) is 5.73 Å². The van der Waals surface area contributed by atoms with Crippen LogP contribution in [-0.4, -0.2) is 69.1 Å². The number of nitrogens with one attached hydrogen (secondary N) is 3. The number of carboxylic acid groups (broad SMARTS) is 2. The number of carbonyl (C=O) groups is 5. The highest BCUT2D eigenvalue weighted by atomic mass is 16.4. The molecule has 0 aliphatic heterocycles. The summed E-state index contributed by atoms with van der Waals surface area (Å²) in [5.74, 6) is -5.77. The van der Waals surface area contributed by atoms with Gasteiger partial charge in [0, 0.05) is 6.42 Å². The van der Waals surface area contributed by atoms with Gasteiger partial charge in [-0.2, -0.15) is 0 Å². The van der Waals surface area contributed by atoms with Gasteiger partial charge in [-0.3, -0.25) is 19.2 Å². The van der Waals surface area contributed by atoms with Crippen LogP contribution in [0.4, 0.5) is 0 Å². The van der Waals surface area contributed by atoms with Gasteiger partial charge in [-0.15, -0.1) is 0 Å². The lowest BCUT2D eigenvalue weighted by Gasteiger charge is -2.25. The number of rotatable bonds is 14. The Hall–Kier alpha value is -4.45. The predicted octanol–water partition coefficient (Wildman–Crippen LogP) is 0.174. The number of aliphatic carboxylic acids is 2. The molecular weight excluding hydrogens is 508 g/mol. The van der Waals surface area contributed by atoms with Crippen molar-refractivity contribution in [3.63, 3.8) is 0 Å². The Morgan fingerprint density at radius 2 is 1.28 bits per heavy atom. The van der Waals surface area contributed by atoms with Gasteiger partial charge >= 0.3 is 11.9 Å². The molecule has 0 bridgehead atoms. The van der Waals surface area contributed by atoms with Crippen LogP contribution in [0, 0.1) is 5.92 Å². The number of aromatic hydroxyl groups is 1. The molecule has 2 aromatic carbocycles. The molecule has 0 saturated heterocycles. The van der Waals surface area contributed by atoms with Crippen molar-refractivity contribution in [2.45, 2.75) is 57.3 Å². The van der Waals surface area contributed by atoms with E-state index in [1.54, 1.807) is 38.1 Å². The topological polar surface area (TPSA) is 208 Å². The minimum atomic E-state index is -1.62. The largest absolute Gasteiger partial charge is 0.508 e. The third kappa shape index (κ3) is 10.1. The van der Waals surface area contributed by atoms with Gasteiger partial charge in [0.05, 0.1) is 12.5 Å². The normalized spacial score (nSPS) is 13.9. The quantitative estimate of drug-likeness (QED) is 0.173. The first-order valence-corrected chi connectivity index (χ1v) is 12.3. The number of amides is 3. The molecule has 210 valence electrons. The summed E-state index contributed by atoms with van der Waals surface area (Å²) in [6.45, 7) is 3.12. The zero-order valence-electron chi connectivity index (χ0n) is 21.7. The van der Waals surface area contributed by atoms with Crippen LogP contribution >= 0.6 is 0 Å². The Balaban J connectivity index is 2.24. The fraction of sp³-hybridized carbons (Fsp3) is 0.370. The molecule has 0 fully saturated rings. The van der Waals surface area contributed by atoms with Crippen LogP contribution in [0.15, 0.2) is 54.6 Å². The lowest BCUT2D eigenvalue weighted by atomic mass is 10.0. The predicted molar refractivity (Wildman–Crippen MR) is 140 cm³/mol. The lowest BCUT2D eigenvalue weighted by Crippen LogP contribution is -2.58. The van der Waals surface area contributed by atoms with Gasteiger partial charge in [-0.1, -0.05) is 56.3 Å². The molecule has 12 nitrogen and oxygen atoms in total. The van der Waals surface area contributed by atoms with Gasteiger partial charge in [0.25, 0.3) is 0 Å². The van der Waals surface area contributed by atoms with Crippen LogP contribution in [-0.2, 0) is 36.8 Å². The summed E-state index contributed by atoms with van der Waals surface area (Å²) in [7, 11) is 0. The third-order valence-electron chi connectivity index (χ3n) is 5.89. The molecule has 0 spiro atoms. The Morgan fingerprint density at radius 3 is 1.82 bits per heavy atom. The molecule has 8 N–H and O–H groups in total. The first kappa shape index (κ1) is 30.8. The SMILES string of the molecule is CC(C)C(NC(=O)C(CC(=O)O)NC(=O)C(Cc1ccc(O)cc1)NC(=O)C(N)Cc1ccccc1)C(=O)O. The number of nitrogens with two attached hydrogens (primary N) is 1. The van der Waals surface area contributed by atoms with E-state index in [1.807, 2.05) is 6.07 Å². The highest BCUT2D eigenvalue weighted by Gasteiger charge is 2.32. The van der Waals surface area contributed by atoms with Crippen molar-refractivity contribution >= 4 is 29.7 Å². The Bertz CT molecular complexity index is 1150. The maximum atomic E-state index is 13.3. The van der Waals surface area contributed by atoms with E-state index in [9.17, 15) is 39.3 Å². The maximum absolute atomic E-state index is 13.3. The molecule has 39 heavy (non-hydrogen) atoms. The summed E-state index contributed by atoms with van der Waals surface area (Å²) in [6.07, 6.45) is -0.702. The van der Waals surface area contributed by atoms with Crippen LogP contribution < -0.4 is 21.7 Å². The molecule has 2 rings (SSSR count). The molecule has 0 aromatic heterocycles. The number of hydrogen-bond donors (Lipinski definition) is 7. The second-order valence-corrected chi connectivity index (χ2v) is 9.46. The summed E-state index contributed by atoms with van der Waals surface area (Å²) >= 11 is 0. The van der Waals surface area contributed by atoms with E-state index in [1.165, 1.54) is 24.3 Å². The summed E-state index contributed by atoms with van der Waals surface area (Å²) in [5.41, 5.74) is 7.42. The number of phenols is 1. The lowest BCUT2D eigenvalue weighted by molar-refractivity contribution is -0.144. The second-order valence-electron chi connectivity index (χ2n) is 9.46. The van der Waals surface area contributed by atoms with Gasteiger partial charge in [0.1, 0.15) is 23.9 Å². The van der Waals surface area contributed by atoms with Crippen LogP contribution in [0.2, 0.25) is 0 Å². The maximum Gasteiger partial charge on any atom is 0.326 e. The van der Waals surface area contributed by atoms with E-state index < -0.39 is 66.2 Å². The smallest absolute Gasteiger partial charge is 0.326 e. The van der Waals surface area contributed by atoms with Crippen LogP contribution in [0.1, 0.15) is 31.4 Å². The molecule has 4 atom stereocenters.